The first-order valence-corrected chi connectivity index (χ1v) is 12.6. The predicted molar refractivity (Wildman–Crippen MR) is 133 cm³/mol. The van der Waals surface area contributed by atoms with Gasteiger partial charge < -0.3 is 9.47 Å². The zero-order chi connectivity index (χ0) is 25.2. The van der Waals surface area contributed by atoms with Gasteiger partial charge in [-0.2, -0.15) is 5.10 Å². The summed E-state index contributed by atoms with van der Waals surface area (Å²) in [7, 11) is -3.75. The summed E-state index contributed by atoms with van der Waals surface area (Å²) in [5, 5.41) is 12.8. The molecule has 2 aromatic heterocycles. The molecule has 9 nitrogen and oxygen atoms in total. The summed E-state index contributed by atoms with van der Waals surface area (Å²) >= 11 is 0. The minimum absolute atomic E-state index is 0.159. The van der Waals surface area contributed by atoms with E-state index in [2.05, 4.69) is 20.0 Å². The number of anilines is 1. The number of benzene rings is 2. The zero-order valence-electron chi connectivity index (χ0n) is 20.2. The normalized spacial score (nSPS) is 11.3. The lowest BCUT2D eigenvalue weighted by molar-refractivity contribution is 0.337. The molecule has 0 aliphatic rings. The highest BCUT2D eigenvalue weighted by Crippen LogP contribution is 2.26. The third kappa shape index (κ3) is 5.27. The van der Waals surface area contributed by atoms with Crippen LogP contribution in [0.15, 0.2) is 59.5 Å². The van der Waals surface area contributed by atoms with Gasteiger partial charge >= 0.3 is 0 Å². The number of ether oxygens (including phenoxy) is 2. The van der Waals surface area contributed by atoms with Gasteiger partial charge in [0.25, 0.3) is 10.0 Å². The number of nitrogens with one attached hydrogen (secondary N) is 1. The number of hydrogen-bond donors (Lipinski definition) is 1. The maximum absolute atomic E-state index is 12.8. The second-order valence-electron chi connectivity index (χ2n) is 8.03. The van der Waals surface area contributed by atoms with Crippen LogP contribution in [0, 0.1) is 27.7 Å². The second-order valence-corrected chi connectivity index (χ2v) is 9.71. The summed E-state index contributed by atoms with van der Waals surface area (Å²) in [6.07, 6.45) is 0. The Balaban J connectivity index is 1.43. The molecule has 1 N–H and O–H groups in total. The molecule has 0 bridgehead atoms. The van der Waals surface area contributed by atoms with Crippen molar-refractivity contribution in [2.75, 3.05) is 11.3 Å². The van der Waals surface area contributed by atoms with Crippen molar-refractivity contribution in [1.82, 2.24) is 20.0 Å². The lowest BCUT2D eigenvalue weighted by Gasteiger charge is -2.12. The molecule has 0 atom stereocenters. The average molecular weight is 494 g/mol. The largest absolute Gasteiger partial charge is 0.494 e. The fraction of sp³-hybridized carbons (Fsp3) is 0.240. The minimum Gasteiger partial charge on any atom is -0.494 e. The van der Waals surface area contributed by atoms with Gasteiger partial charge in [-0.15, -0.1) is 10.2 Å². The first-order chi connectivity index (χ1) is 16.7. The highest BCUT2D eigenvalue weighted by Gasteiger charge is 2.16. The van der Waals surface area contributed by atoms with E-state index < -0.39 is 10.0 Å². The van der Waals surface area contributed by atoms with Gasteiger partial charge in [-0.25, -0.2) is 13.1 Å². The van der Waals surface area contributed by atoms with E-state index in [-0.39, 0.29) is 4.90 Å². The molecule has 0 saturated heterocycles. The van der Waals surface area contributed by atoms with Crippen molar-refractivity contribution >= 4 is 15.7 Å². The van der Waals surface area contributed by atoms with Crippen LogP contribution in [-0.2, 0) is 10.0 Å². The number of rotatable bonds is 8. The van der Waals surface area contributed by atoms with E-state index in [1.165, 1.54) is 6.07 Å². The van der Waals surface area contributed by atoms with E-state index in [9.17, 15) is 8.42 Å². The molecule has 35 heavy (non-hydrogen) atoms. The van der Waals surface area contributed by atoms with E-state index in [4.69, 9.17) is 9.47 Å². The Kier molecular flexibility index (Phi) is 6.74. The summed E-state index contributed by atoms with van der Waals surface area (Å²) < 4.78 is 41.1. The molecule has 0 aliphatic carbocycles. The Hall–Kier alpha value is -3.92. The molecular formula is C25H27N5O4S. The first-order valence-electron chi connectivity index (χ1n) is 11.1. The van der Waals surface area contributed by atoms with Gasteiger partial charge in [0.2, 0.25) is 5.88 Å². The Morgan fingerprint density at radius 3 is 2.26 bits per heavy atom. The Morgan fingerprint density at radius 2 is 1.69 bits per heavy atom. The molecule has 0 radical (unpaired) electrons. The van der Waals surface area contributed by atoms with Crippen molar-refractivity contribution in [3.8, 4) is 23.2 Å². The SMILES string of the molecule is CCOc1ccc(S(=O)(=O)Nc2ccc(Oc3ccc(-n4nc(C)c(C)c4C)nn3)cc2)cc1C. The summed E-state index contributed by atoms with van der Waals surface area (Å²) in [4.78, 5) is 0.159. The quantitative estimate of drug-likeness (QED) is 0.372. The van der Waals surface area contributed by atoms with Gasteiger partial charge in [0.15, 0.2) is 5.82 Å². The highest BCUT2D eigenvalue weighted by molar-refractivity contribution is 7.92. The van der Waals surface area contributed by atoms with Crippen molar-refractivity contribution in [2.45, 2.75) is 39.5 Å². The summed E-state index contributed by atoms with van der Waals surface area (Å²) in [5.41, 5.74) is 4.21. The van der Waals surface area contributed by atoms with Crippen molar-refractivity contribution in [2.24, 2.45) is 0 Å². The maximum Gasteiger partial charge on any atom is 0.261 e. The molecule has 0 aliphatic heterocycles. The maximum atomic E-state index is 12.8. The lowest BCUT2D eigenvalue weighted by Crippen LogP contribution is -2.13. The van der Waals surface area contributed by atoms with Gasteiger partial charge in [0, 0.05) is 17.4 Å². The van der Waals surface area contributed by atoms with Gasteiger partial charge in [0.1, 0.15) is 11.5 Å². The lowest BCUT2D eigenvalue weighted by atomic mass is 10.2. The fourth-order valence-corrected chi connectivity index (χ4v) is 4.60. The number of aromatic nitrogens is 4. The van der Waals surface area contributed by atoms with Crippen LogP contribution < -0.4 is 14.2 Å². The molecule has 0 fully saturated rings. The van der Waals surface area contributed by atoms with Gasteiger partial charge in [-0.05, 0) is 94.3 Å². The molecule has 0 spiro atoms. The Labute approximate surface area is 204 Å². The Bertz CT molecular complexity index is 1450. The average Bonchev–Trinajstić information content (AvgIpc) is 3.09. The van der Waals surface area contributed by atoms with E-state index in [1.54, 1.807) is 53.2 Å². The molecule has 0 amide bonds. The molecule has 4 rings (SSSR count). The van der Waals surface area contributed by atoms with Gasteiger partial charge in [-0.3, -0.25) is 4.72 Å². The van der Waals surface area contributed by atoms with Gasteiger partial charge in [0.05, 0.1) is 17.2 Å². The molecule has 10 heteroatoms. The van der Waals surface area contributed by atoms with E-state index in [0.29, 0.717) is 35.5 Å². The minimum atomic E-state index is -3.75. The van der Waals surface area contributed by atoms with Crippen LogP contribution in [0.5, 0.6) is 17.4 Å². The van der Waals surface area contributed by atoms with Crippen LogP contribution in [0.3, 0.4) is 0 Å². The fourth-order valence-electron chi connectivity index (χ4n) is 3.46. The number of aryl methyl sites for hydroxylation is 2. The van der Waals surface area contributed by atoms with Crippen LogP contribution >= 0.6 is 0 Å². The molecule has 182 valence electrons. The second kappa shape index (κ2) is 9.75. The van der Waals surface area contributed by atoms with E-state index >= 15 is 0 Å². The monoisotopic (exact) mass is 493 g/mol. The summed E-state index contributed by atoms with van der Waals surface area (Å²) in [6.45, 7) is 10.1. The summed E-state index contributed by atoms with van der Waals surface area (Å²) in [5.74, 6) is 2.06. The van der Waals surface area contributed by atoms with Crippen LogP contribution in [0.4, 0.5) is 5.69 Å². The summed E-state index contributed by atoms with van der Waals surface area (Å²) in [6, 6.07) is 14.8. The van der Waals surface area contributed by atoms with E-state index in [1.807, 2.05) is 34.6 Å². The van der Waals surface area contributed by atoms with Crippen LogP contribution in [0.1, 0.15) is 29.4 Å². The smallest absolute Gasteiger partial charge is 0.261 e. The molecule has 4 aromatic rings. The highest BCUT2D eigenvalue weighted by atomic mass is 32.2. The van der Waals surface area contributed by atoms with Crippen LogP contribution in [0.25, 0.3) is 5.82 Å². The van der Waals surface area contributed by atoms with E-state index in [0.717, 1.165) is 22.5 Å². The molecular weight excluding hydrogens is 466 g/mol. The standard InChI is InChI=1S/C25H27N5O4S/c1-6-33-23-12-11-22(15-16(23)2)35(31,32)29-20-7-9-21(10-8-20)34-25-14-13-24(26-27-25)30-19(5)17(3)18(4)28-30/h7-15,29H,6H2,1-5H3. The zero-order valence-corrected chi connectivity index (χ0v) is 21.0. The topological polar surface area (TPSA) is 108 Å². The molecule has 2 heterocycles. The predicted octanol–water partition coefficient (Wildman–Crippen LogP) is 4.89. The van der Waals surface area contributed by atoms with Crippen molar-refractivity contribution in [3.63, 3.8) is 0 Å². The van der Waals surface area contributed by atoms with Crippen LogP contribution in [-0.4, -0.2) is 35.0 Å². The van der Waals surface area contributed by atoms with Crippen molar-refractivity contribution in [1.29, 1.82) is 0 Å². The van der Waals surface area contributed by atoms with Crippen molar-refractivity contribution in [3.05, 3.63) is 77.1 Å². The number of hydrogen-bond acceptors (Lipinski definition) is 7. The molecule has 2 aromatic carbocycles. The number of nitrogens with zero attached hydrogens (tertiary/aromatic N) is 4. The third-order valence-corrected chi connectivity index (χ3v) is 6.96. The number of sulfonamides is 1. The molecule has 0 saturated carbocycles. The third-order valence-electron chi connectivity index (χ3n) is 5.58. The van der Waals surface area contributed by atoms with Crippen LogP contribution in [0.2, 0.25) is 0 Å². The Morgan fingerprint density at radius 1 is 0.943 bits per heavy atom. The molecule has 0 unspecified atom stereocenters. The van der Waals surface area contributed by atoms with Crippen molar-refractivity contribution < 1.29 is 17.9 Å². The first kappa shape index (κ1) is 24.2. The van der Waals surface area contributed by atoms with Gasteiger partial charge in [-0.1, -0.05) is 0 Å².